The van der Waals surface area contributed by atoms with Crippen LogP contribution in [0.25, 0.3) is 0 Å². The quantitative estimate of drug-likeness (QED) is 0.403. The molecular formula is C29H36N4O7. The Morgan fingerprint density at radius 3 is 2.45 bits per heavy atom. The van der Waals surface area contributed by atoms with Crippen LogP contribution in [0.2, 0.25) is 0 Å². The predicted molar refractivity (Wildman–Crippen MR) is 144 cm³/mol. The van der Waals surface area contributed by atoms with Crippen LogP contribution in [0.1, 0.15) is 49.2 Å². The fourth-order valence-electron chi connectivity index (χ4n) is 5.27. The van der Waals surface area contributed by atoms with Gasteiger partial charge in [-0.2, -0.15) is 0 Å². The molecular weight excluding hydrogens is 516 g/mol. The van der Waals surface area contributed by atoms with Crippen LogP contribution in [0.4, 0.5) is 0 Å². The number of aliphatic hydroxyl groups excluding tert-OH is 1. The molecule has 1 aliphatic carbocycles. The molecule has 0 radical (unpaired) electrons. The summed E-state index contributed by atoms with van der Waals surface area (Å²) in [6.45, 7) is 3.03. The number of cyclic esters (lactones) is 1. The molecule has 2 fully saturated rings. The Balaban J connectivity index is 1.70. The van der Waals surface area contributed by atoms with Crippen molar-refractivity contribution in [1.29, 1.82) is 0 Å². The number of carbonyl (C=O) groups excluding carboxylic acids is 4. The highest BCUT2D eigenvalue weighted by Crippen LogP contribution is 2.34. The van der Waals surface area contributed by atoms with E-state index < -0.39 is 59.9 Å². The highest BCUT2D eigenvalue weighted by molar-refractivity contribution is 5.98. The van der Waals surface area contributed by atoms with Crippen LogP contribution in [0.15, 0.2) is 48.7 Å². The first-order valence-corrected chi connectivity index (χ1v) is 13.5. The maximum Gasteiger partial charge on any atom is 0.329 e. The Hall–Kier alpha value is -3.99. The summed E-state index contributed by atoms with van der Waals surface area (Å²) >= 11 is 0. The first-order valence-electron chi connectivity index (χ1n) is 13.5. The monoisotopic (exact) mass is 552 g/mol. The van der Waals surface area contributed by atoms with Gasteiger partial charge >= 0.3 is 5.97 Å². The average molecular weight is 553 g/mol. The Labute approximate surface area is 232 Å². The number of rotatable bonds is 5. The maximum atomic E-state index is 13.7. The number of nitrogens with zero attached hydrogens (tertiary/aromatic N) is 2. The van der Waals surface area contributed by atoms with E-state index in [1.54, 1.807) is 6.92 Å². The molecule has 4 N–H and O–H groups in total. The molecule has 1 aliphatic heterocycles. The molecule has 2 aromatic rings. The number of benzene rings is 1. The van der Waals surface area contributed by atoms with Gasteiger partial charge in [-0.15, -0.1) is 0 Å². The van der Waals surface area contributed by atoms with Crippen molar-refractivity contribution >= 4 is 23.7 Å². The molecule has 1 aromatic carbocycles. The number of nitrogens with one attached hydrogen (secondary N) is 2. The number of aromatic hydroxyl groups is 1. The van der Waals surface area contributed by atoms with E-state index in [0.717, 1.165) is 24.8 Å². The van der Waals surface area contributed by atoms with Crippen molar-refractivity contribution < 1.29 is 34.1 Å². The molecule has 6 atom stereocenters. The minimum absolute atomic E-state index is 0.117. The normalized spacial score (nSPS) is 28.4. The number of aliphatic hydroxyl groups is 1. The number of esters is 1. The van der Waals surface area contributed by atoms with E-state index in [-0.39, 0.29) is 23.8 Å². The molecule has 3 amide bonds. The van der Waals surface area contributed by atoms with Crippen molar-refractivity contribution in [2.75, 3.05) is 7.05 Å². The average Bonchev–Trinajstić information content (AvgIpc) is 2.91. The van der Waals surface area contributed by atoms with E-state index >= 15 is 0 Å². The van der Waals surface area contributed by atoms with Gasteiger partial charge in [0.15, 0.2) is 5.69 Å². The summed E-state index contributed by atoms with van der Waals surface area (Å²) in [4.78, 5) is 58.8. The van der Waals surface area contributed by atoms with Gasteiger partial charge in [0, 0.05) is 13.2 Å². The molecule has 0 bridgehead atoms. The second kappa shape index (κ2) is 12.5. The summed E-state index contributed by atoms with van der Waals surface area (Å²) < 4.78 is 5.72. The minimum atomic E-state index is -1.39. The molecule has 1 saturated heterocycles. The summed E-state index contributed by atoms with van der Waals surface area (Å²) in [6, 6.07) is 8.73. The van der Waals surface area contributed by atoms with Crippen molar-refractivity contribution in [1.82, 2.24) is 20.5 Å². The maximum absolute atomic E-state index is 13.7. The number of hydrogen-bond acceptors (Lipinski definition) is 8. The first-order chi connectivity index (χ1) is 19.1. The van der Waals surface area contributed by atoms with E-state index in [2.05, 4.69) is 15.6 Å². The van der Waals surface area contributed by atoms with Crippen LogP contribution >= 0.6 is 0 Å². The third kappa shape index (κ3) is 6.25. The van der Waals surface area contributed by atoms with Gasteiger partial charge in [-0.25, -0.2) is 9.78 Å². The van der Waals surface area contributed by atoms with Gasteiger partial charge in [0.25, 0.3) is 5.91 Å². The van der Waals surface area contributed by atoms with Crippen LogP contribution in [0, 0.1) is 11.8 Å². The topological polar surface area (TPSA) is 158 Å². The number of amides is 3. The Kier molecular flexibility index (Phi) is 9.03. The standard InChI is InChI=1S/C29H36N4O7/c1-16-25(35)20(15-18-9-5-4-6-10-18)31-26(36)22(32-27(37)23-21(34)13-8-14-30-23)17(2)40-29(39)24(19-11-7-12-19)33(3)28(16)38/h4-6,8-10,13-14,16-17,19-20,22,24-25,34-35H,7,11-12,15H2,1-3H3,(H,31,36)(H,32,37)/t16-,17-,20+,22+,24?,25+/m1/s1. The molecule has 4 rings (SSSR count). The van der Waals surface area contributed by atoms with Crippen molar-refractivity contribution in [3.05, 3.63) is 59.9 Å². The van der Waals surface area contributed by atoms with Crippen LogP contribution in [0.3, 0.4) is 0 Å². The van der Waals surface area contributed by atoms with Gasteiger partial charge in [0.2, 0.25) is 11.8 Å². The molecule has 40 heavy (non-hydrogen) atoms. The van der Waals surface area contributed by atoms with Crippen LogP contribution in [-0.4, -0.2) is 81.2 Å². The minimum Gasteiger partial charge on any atom is -0.505 e. The van der Waals surface area contributed by atoms with Gasteiger partial charge in [-0.05, 0) is 49.8 Å². The first kappa shape index (κ1) is 29.0. The molecule has 11 nitrogen and oxygen atoms in total. The van der Waals surface area contributed by atoms with E-state index in [1.165, 1.54) is 37.2 Å². The van der Waals surface area contributed by atoms with Crippen LogP contribution < -0.4 is 10.6 Å². The highest BCUT2D eigenvalue weighted by Gasteiger charge is 2.44. The van der Waals surface area contributed by atoms with Crippen molar-refractivity contribution in [2.24, 2.45) is 11.8 Å². The summed E-state index contributed by atoms with van der Waals surface area (Å²) in [7, 11) is 1.53. The van der Waals surface area contributed by atoms with E-state index in [4.69, 9.17) is 4.74 Å². The van der Waals surface area contributed by atoms with Crippen molar-refractivity contribution in [3.8, 4) is 5.75 Å². The summed E-state index contributed by atoms with van der Waals surface area (Å²) in [6.07, 6.45) is 1.46. The lowest BCUT2D eigenvalue weighted by Crippen LogP contribution is -2.61. The largest absolute Gasteiger partial charge is 0.505 e. The summed E-state index contributed by atoms with van der Waals surface area (Å²) in [5.41, 5.74) is 0.518. The second-order valence-corrected chi connectivity index (χ2v) is 10.6. The molecule has 214 valence electrons. The highest BCUT2D eigenvalue weighted by atomic mass is 16.5. The fourth-order valence-corrected chi connectivity index (χ4v) is 5.27. The Morgan fingerprint density at radius 2 is 1.82 bits per heavy atom. The molecule has 2 aliphatic rings. The lowest BCUT2D eigenvalue weighted by molar-refractivity contribution is -0.166. The zero-order valence-electron chi connectivity index (χ0n) is 22.8. The van der Waals surface area contributed by atoms with E-state index in [9.17, 15) is 29.4 Å². The number of aromatic nitrogens is 1. The number of pyridine rings is 1. The van der Waals surface area contributed by atoms with Crippen molar-refractivity contribution in [2.45, 2.75) is 69.9 Å². The Bertz CT molecular complexity index is 1240. The molecule has 1 unspecified atom stereocenters. The van der Waals surface area contributed by atoms with Gasteiger partial charge in [-0.3, -0.25) is 14.4 Å². The third-order valence-corrected chi connectivity index (χ3v) is 7.88. The Morgan fingerprint density at radius 1 is 1.12 bits per heavy atom. The second-order valence-electron chi connectivity index (χ2n) is 10.6. The lowest BCUT2D eigenvalue weighted by atomic mass is 9.78. The molecule has 1 saturated carbocycles. The summed E-state index contributed by atoms with van der Waals surface area (Å²) in [5, 5.41) is 26.8. The number of likely N-dealkylation sites (N-methyl/N-ethyl adjacent to an activating group) is 1. The molecule has 2 heterocycles. The van der Waals surface area contributed by atoms with Gasteiger partial charge < -0.3 is 30.5 Å². The summed E-state index contributed by atoms with van der Waals surface area (Å²) in [5.74, 6) is -4.14. The van der Waals surface area contributed by atoms with Gasteiger partial charge in [0.1, 0.15) is 23.9 Å². The fraction of sp³-hybridized carbons (Fsp3) is 0.483. The van der Waals surface area contributed by atoms with Crippen molar-refractivity contribution in [3.63, 3.8) is 0 Å². The zero-order valence-corrected chi connectivity index (χ0v) is 22.8. The molecule has 11 heteroatoms. The van der Waals surface area contributed by atoms with Gasteiger partial charge in [-0.1, -0.05) is 43.7 Å². The number of carbonyl (C=O) groups is 4. The predicted octanol–water partition coefficient (Wildman–Crippen LogP) is 1.18. The SMILES string of the molecule is C[C@H]1OC(=O)C(C2CCC2)N(C)C(=O)[C@H](C)[C@H](O)[C@H](Cc2ccccc2)NC(=O)[C@H]1NC(=O)c1ncccc1O. The molecule has 1 aromatic heterocycles. The smallest absolute Gasteiger partial charge is 0.329 e. The van der Waals surface area contributed by atoms with E-state index in [1.807, 2.05) is 30.3 Å². The van der Waals surface area contributed by atoms with Crippen LogP contribution in [0.5, 0.6) is 5.75 Å². The van der Waals surface area contributed by atoms with Gasteiger partial charge in [0.05, 0.1) is 18.1 Å². The lowest BCUT2D eigenvalue weighted by Gasteiger charge is -2.41. The molecule has 0 spiro atoms. The van der Waals surface area contributed by atoms with E-state index in [0.29, 0.717) is 0 Å². The number of ether oxygens (including phenoxy) is 1. The zero-order chi connectivity index (χ0) is 29.0. The third-order valence-electron chi connectivity index (χ3n) is 7.88. The van der Waals surface area contributed by atoms with Crippen LogP contribution in [-0.2, 0) is 25.5 Å². The number of hydrogen-bond donors (Lipinski definition) is 4.